The molecular weight excluding hydrogens is 424 g/mol. The van der Waals surface area contributed by atoms with Crippen LogP contribution >= 0.6 is 0 Å². The van der Waals surface area contributed by atoms with Gasteiger partial charge in [0.25, 0.3) is 5.91 Å². The Bertz CT molecular complexity index is 1260. The Morgan fingerprint density at radius 3 is 2.67 bits per heavy atom. The van der Waals surface area contributed by atoms with E-state index in [-0.39, 0.29) is 29.0 Å². The van der Waals surface area contributed by atoms with Crippen LogP contribution in [0.1, 0.15) is 29.6 Å². The standard InChI is InChI=1S/C25H25F2N5O/c1-32(2)22-17-5-3-4-6-20(17)29-24(31-22)28-16-9-11-25(12-10-16)14-21(25)30-23(33)15-7-8-18(26)19(27)13-15/h3-9,11,13,16,21H,10,12,14H2,1-2H3,(H,30,33)(H,28,29,31)/t16-,21+,25-/m0/s1. The monoisotopic (exact) mass is 449 g/mol. The van der Waals surface area contributed by atoms with Crippen molar-refractivity contribution in [3.05, 3.63) is 71.8 Å². The zero-order valence-corrected chi connectivity index (χ0v) is 18.5. The lowest BCUT2D eigenvalue weighted by Crippen LogP contribution is -2.32. The molecule has 0 aliphatic heterocycles. The van der Waals surface area contributed by atoms with Gasteiger partial charge in [0, 0.05) is 42.5 Å². The van der Waals surface area contributed by atoms with Gasteiger partial charge >= 0.3 is 0 Å². The van der Waals surface area contributed by atoms with E-state index in [1.165, 1.54) is 6.07 Å². The average Bonchev–Trinajstić information content (AvgIpc) is 3.47. The largest absolute Gasteiger partial charge is 0.362 e. The van der Waals surface area contributed by atoms with Gasteiger partial charge in [-0.1, -0.05) is 24.3 Å². The first-order chi connectivity index (χ1) is 15.8. The Balaban J connectivity index is 1.25. The van der Waals surface area contributed by atoms with Crippen molar-refractivity contribution in [2.75, 3.05) is 24.3 Å². The van der Waals surface area contributed by atoms with Crippen LogP contribution in [0.4, 0.5) is 20.5 Å². The fourth-order valence-electron chi connectivity index (χ4n) is 4.52. The highest BCUT2D eigenvalue weighted by Crippen LogP contribution is 2.53. The molecule has 0 unspecified atom stereocenters. The molecule has 6 nitrogen and oxygen atoms in total. The lowest BCUT2D eigenvalue weighted by Gasteiger charge is -2.25. The highest BCUT2D eigenvalue weighted by atomic mass is 19.2. The Morgan fingerprint density at radius 2 is 1.94 bits per heavy atom. The number of carbonyl (C=O) groups excluding carboxylic acids is 1. The van der Waals surface area contributed by atoms with Crippen molar-refractivity contribution in [1.82, 2.24) is 15.3 Å². The first-order valence-corrected chi connectivity index (χ1v) is 11.0. The summed E-state index contributed by atoms with van der Waals surface area (Å²) < 4.78 is 26.6. The summed E-state index contributed by atoms with van der Waals surface area (Å²) in [7, 11) is 3.93. The van der Waals surface area contributed by atoms with E-state index in [0.717, 1.165) is 48.1 Å². The maximum Gasteiger partial charge on any atom is 0.251 e. The predicted octanol–water partition coefficient (Wildman–Crippen LogP) is 4.29. The van der Waals surface area contributed by atoms with Crippen molar-refractivity contribution in [2.45, 2.75) is 31.3 Å². The minimum Gasteiger partial charge on any atom is -0.362 e. The number of nitrogens with one attached hydrogen (secondary N) is 2. The summed E-state index contributed by atoms with van der Waals surface area (Å²) in [4.78, 5) is 23.8. The number of anilines is 2. The number of carbonyl (C=O) groups is 1. The van der Waals surface area contributed by atoms with Crippen molar-refractivity contribution < 1.29 is 13.6 Å². The second-order valence-electron chi connectivity index (χ2n) is 9.02. The number of benzene rings is 2. The molecule has 1 heterocycles. The maximum absolute atomic E-state index is 13.4. The quantitative estimate of drug-likeness (QED) is 0.569. The van der Waals surface area contributed by atoms with Crippen LogP contribution in [-0.2, 0) is 0 Å². The summed E-state index contributed by atoms with van der Waals surface area (Å²) in [6.07, 6.45) is 6.88. The molecule has 1 aromatic heterocycles. The third-order valence-corrected chi connectivity index (χ3v) is 6.51. The topological polar surface area (TPSA) is 70.2 Å². The molecular formula is C25H25F2N5O. The van der Waals surface area contributed by atoms with Gasteiger partial charge in [-0.3, -0.25) is 4.79 Å². The highest BCUT2D eigenvalue weighted by molar-refractivity contribution is 5.94. The van der Waals surface area contributed by atoms with Gasteiger partial charge in [0.15, 0.2) is 11.6 Å². The van der Waals surface area contributed by atoms with Gasteiger partial charge in [0.2, 0.25) is 5.95 Å². The van der Waals surface area contributed by atoms with Crippen LogP contribution < -0.4 is 15.5 Å². The fourth-order valence-corrected chi connectivity index (χ4v) is 4.52. The normalized spacial score (nSPS) is 23.5. The van der Waals surface area contributed by atoms with E-state index in [2.05, 4.69) is 27.8 Å². The zero-order chi connectivity index (χ0) is 23.2. The molecule has 0 saturated heterocycles. The van der Waals surface area contributed by atoms with Crippen molar-refractivity contribution in [3.63, 3.8) is 0 Å². The van der Waals surface area contributed by atoms with E-state index < -0.39 is 11.6 Å². The van der Waals surface area contributed by atoms with Crippen molar-refractivity contribution in [2.24, 2.45) is 5.41 Å². The van der Waals surface area contributed by atoms with Crippen molar-refractivity contribution >= 4 is 28.6 Å². The number of hydrogen-bond donors (Lipinski definition) is 2. The number of rotatable bonds is 5. The van der Waals surface area contributed by atoms with E-state index in [1.807, 2.05) is 43.3 Å². The summed E-state index contributed by atoms with van der Waals surface area (Å²) in [5.41, 5.74) is 0.934. The van der Waals surface area contributed by atoms with E-state index in [1.54, 1.807) is 0 Å². The zero-order valence-electron chi connectivity index (χ0n) is 18.5. The van der Waals surface area contributed by atoms with Crippen LogP contribution in [0.15, 0.2) is 54.6 Å². The number of fused-ring (bicyclic) bond motifs is 1. The molecule has 0 radical (unpaired) electrons. The molecule has 2 aliphatic carbocycles. The van der Waals surface area contributed by atoms with Gasteiger partial charge in [0.1, 0.15) is 5.82 Å². The van der Waals surface area contributed by atoms with Crippen molar-refractivity contribution in [3.8, 4) is 0 Å². The molecule has 170 valence electrons. The molecule has 1 saturated carbocycles. The molecule has 0 bridgehead atoms. The lowest BCUT2D eigenvalue weighted by molar-refractivity contribution is 0.0945. The summed E-state index contributed by atoms with van der Waals surface area (Å²) >= 11 is 0. The van der Waals surface area contributed by atoms with Crippen LogP contribution in [0, 0.1) is 17.0 Å². The molecule has 2 aliphatic rings. The number of nitrogens with zero attached hydrogens (tertiary/aromatic N) is 3. The van der Waals surface area contributed by atoms with Crippen LogP contribution in [0.25, 0.3) is 10.9 Å². The van der Waals surface area contributed by atoms with E-state index in [4.69, 9.17) is 4.98 Å². The second kappa shape index (κ2) is 8.10. The number of aromatic nitrogens is 2. The van der Waals surface area contributed by atoms with Gasteiger partial charge in [-0.2, -0.15) is 4.98 Å². The smallest absolute Gasteiger partial charge is 0.251 e. The van der Waals surface area contributed by atoms with Gasteiger partial charge in [-0.15, -0.1) is 0 Å². The molecule has 2 aromatic carbocycles. The van der Waals surface area contributed by atoms with Crippen LogP contribution in [0.2, 0.25) is 0 Å². The number of hydrogen-bond acceptors (Lipinski definition) is 5. The minimum atomic E-state index is -1.02. The van der Waals surface area contributed by atoms with E-state index >= 15 is 0 Å². The maximum atomic E-state index is 13.4. The molecule has 3 aromatic rings. The summed E-state index contributed by atoms with van der Waals surface area (Å²) in [6, 6.07) is 11.2. The molecule has 8 heteroatoms. The third-order valence-electron chi connectivity index (χ3n) is 6.51. The van der Waals surface area contributed by atoms with Gasteiger partial charge in [-0.25, -0.2) is 13.8 Å². The Labute approximate surface area is 190 Å². The highest BCUT2D eigenvalue weighted by Gasteiger charge is 2.53. The summed E-state index contributed by atoms with van der Waals surface area (Å²) in [5, 5.41) is 7.38. The number of amides is 1. The van der Waals surface area contributed by atoms with Gasteiger partial charge in [0.05, 0.1) is 5.52 Å². The Hall–Kier alpha value is -3.55. The van der Waals surface area contributed by atoms with E-state index in [9.17, 15) is 13.6 Å². The van der Waals surface area contributed by atoms with Gasteiger partial charge < -0.3 is 15.5 Å². The molecule has 5 rings (SSSR count). The first kappa shape index (κ1) is 21.3. The third kappa shape index (κ3) is 4.13. The van der Waals surface area contributed by atoms with Crippen LogP contribution in [0.3, 0.4) is 0 Å². The fraction of sp³-hybridized carbons (Fsp3) is 0.320. The SMILES string of the molecule is CN(C)c1nc(N[C@H]2C=C[C@]3(CC2)C[C@H]3NC(=O)c2ccc(F)c(F)c2)nc2ccccc12. The summed E-state index contributed by atoms with van der Waals surface area (Å²) in [5.74, 6) is -0.919. The Kier molecular flexibility index (Phi) is 5.23. The van der Waals surface area contributed by atoms with Crippen molar-refractivity contribution in [1.29, 1.82) is 0 Å². The second-order valence-corrected chi connectivity index (χ2v) is 9.02. The number of para-hydroxylation sites is 1. The lowest BCUT2D eigenvalue weighted by atomic mass is 9.89. The molecule has 1 spiro atoms. The first-order valence-electron chi connectivity index (χ1n) is 11.0. The van der Waals surface area contributed by atoms with Gasteiger partial charge in [-0.05, 0) is 49.6 Å². The molecule has 33 heavy (non-hydrogen) atoms. The van der Waals surface area contributed by atoms with Crippen LogP contribution in [-0.4, -0.2) is 42.1 Å². The molecule has 3 atom stereocenters. The number of halogens is 2. The molecule has 2 N–H and O–H groups in total. The van der Waals surface area contributed by atoms with Crippen LogP contribution in [0.5, 0.6) is 0 Å². The molecule has 1 amide bonds. The predicted molar refractivity (Wildman–Crippen MR) is 124 cm³/mol. The summed E-state index contributed by atoms with van der Waals surface area (Å²) in [6.45, 7) is 0. The van der Waals surface area contributed by atoms with E-state index in [0.29, 0.717) is 5.95 Å². The Morgan fingerprint density at radius 1 is 1.12 bits per heavy atom. The molecule has 1 fully saturated rings. The minimum absolute atomic E-state index is 0.00687. The average molecular weight is 450 g/mol.